The van der Waals surface area contributed by atoms with E-state index >= 15 is 0 Å². The van der Waals surface area contributed by atoms with Gasteiger partial charge in [-0.2, -0.15) is 0 Å². The lowest BCUT2D eigenvalue weighted by molar-refractivity contribution is 0.0889. The molecule has 2 aromatic rings. The van der Waals surface area contributed by atoms with Crippen LogP contribution in [-0.2, 0) is 17.8 Å². The number of rotatable bonds is 10. The average molecular weight is 299 g/mol. The first kappa shape index (κ1) is 16.5. The van der Waals surface area contributed by atoms with Crippen molar-refractivity contribution in [2.24, 2.45) is 0 Å². The fourth-order valence-corrected chi connectivity index (χ4v) is 2.24. The molecule has 0 aliphatic carbocycles. The molecule has 0 aliphatic heterocycles. The maximum absolute atomic E-state index is 5.75. The molecule has 0 fully saturated rings. The fourth-order valence-electron chi connectivity index (χ4n) is 2.24. The minimum Gasteiger partial charge on any atom is -0.491 e. The third kappa shape index (κ3) is 6.29. The zero-order chi connectivity index (χ0) is 15.5. The Morgan fingerprint density at radius 2 is 1.73 bits per heavy atom. The first-order valence-electron chi connectivity index (χ1n) is 7.86. The van der Waals surface area contributed by atoms with Gasteiger partial charge >= 0.3 is 0 Å². The van der Waals surface area contributed by atoms with Crippen LogP contribution in [0.5, 0.6) is 5.75 Å². The van der Waals surface area contributed by atoms with E-state index in [0.717, 1.165) is 25.1 Å². The molecule has 0 saturated carbocycles. The average Bonchev–Trinajstić information content (AvgIpc) is 2.56. The van der Waals surface area contributed by atoms with Crippen LogP contribution >= 0.6 is 0 Å². The van der Waals surface area contributed by atoms with Gasteiger partial charge in [-0.15, -0.1) is 0 Å². The monoisotopic (exact) mass is 299 g/mol. The highest BCUT2D eigenvalue weighted by Crippen LogP contribution is 2.14. The molecule has 0 aromatic heterocycles. The summed E-state index contributed by atoms with van der Waals surface area (Å²) >= 11 is 0. The Kier molecular flexibility index (Phi) is 7.50. The van der Waals surface area contributed by atoms with Gasteiger partial charge in [0.05, 0.1) is 13.2 Å². The maximum atomic E-state index is 5.75. The first-order valence-corrected chi connectivity index (χ1v) is 7.86. The number of hydrogen-bond donors (Lipinski definition) is 1. The van der Waals surface area contributed by atoms with Crippen molar-refractivity contribution in [2.75, 3.05) is 26.8 Å². The molecule has 0 aliphatic rings. The number of nitrogens with one attached hydrogen (secondary N) is 1. The van der Waals surface area contributed by atoms with E-state index in [4.69, 9.17) is 9.47 Å². The molecular formula is C19H25NO2. The molecule has 0 radical (unpaired) electrons. The molecule has 2 aromatic carbocycles. The van der Waals surface area contributed by atoms with Crippen molar-refractivity contribution in [2.45, 2.75) is 19.4 Å². The van der Waals surface area contributed by atoms with Crippen LogP contribution in [0.2, 0.25) is 0 Å². The Balaban J connectivity index is 1.65. The van der Waals surface area contributed by atoms with Gasteiger partial charge in [-0.25, -0.2) is 0 Å². The van der Waals surface area contributed by atoms with E-state index < -0.39 is 0 Å². The van der Waals surface area contributed by atoms with Crippen molar-refractivity contribution in [3.63, 3.8) is 0 Å². The SMILES string of the molecule is CNCCCc1cccc(OCCOCc2ccccc2)c1. The van der Waals surface area contributed by atoms with Gasteiger partial charge in [0.1, 0.15) is 12.4 Å². The Bertz CT molecular complexity index is 528. The van der Waals surface area contributed by atoms with Gasteiger partial charge in [0.15, 0.2) is 0 Å². The highest BCUT2D eigenvalue weighted by Gasteiger charge is 1.98. The summed E-state index contributed by atoms with van der Waals surface area (Å²) in [5.41, 5.74) is 2.51. The normalized spacial score (nSPS) is 10.6. The largest absolute Gasteiger partial charge is 0.491 e. The standard InChI is InChI=1S/C19H25NO2/c1-20-12-6-10-17-9-5-11-19(15-17)22-14-13-21-16-18-7-3-2-4-8-18/h2-5,7-9,11,15,20H,6,10,12-14,16H2,1H3. The molecule has 2 rings (SSSR count). The number of aryl methyl sites for hydroxylation is 1. The zero-order valence-corrected chi connectivity index (χ0v) is 13.3. The quantitative estimate of drug-likeness (QED) is 0.682. The van der Waals surface area contributed by atoms with E-state index in [9.17, 15) is 0 Å². The molecule has 3 nitrogen and oxygen atoms in total. The molecule has 0 spiro atoms. The highest BCUT2D eigenvalue weighted by molar-refractivity contribution is 5.28. The van der Waals surface area contributed by atoms with Crippen LogP contribution in [0.15, 0.2) is 54.6 Å². The molecule has 0 unspecified atom stereocenters. The van der Waals surface area contributed by atoms with Crippen LogP contribution in [0.25, 0.3) is 0 Å². The van der Waals surface area contributed by atoms with Crippen LogP contribution in [0.4, 0.5) is 0 Å². The lowest BCUT2D eigenvalue weighted by atomic mass is 10.1. The van der Waals surface area contributed by atoms with E-state index in [-0.39, 0.29) is 0 Å². The van der Waals surface area contributed by atoms with Crippen LogP contribution in [0.3, 0.4) is 0 Å². The van der Waals surface area contributed by atoms with E-state index in [1.54, 1.807) is 0 Å². The second kappa shape index (κ2) is 9.98. The van der Waals surface area contributed by atoms with Crippen molar-refractivity contribution in [1.82, 2.24) is 5.32 Å². The summed E-state index contributed by atoms with van der Waals surface area (Å²) < 4.78 is 11.4. The van der Waals surface area contributed by atoms with Gasteiger partial charge in [0.2, 0.25) is 0 Å². The van der Waals surface area contributed by atoms with Crippen LogP contribution in [0.1, 0.15) is 17.5 Å². The molecule has 0 bridgehead atoms. The van der Waals surface area contributed by atoms with Gasteiger partial charge in [-0.05, 0) is 49.7 Å². The molecule has 0 atom stereocenters. The zero-order valence-electron chi connectivity index (χ0n) is 13.3. The molecule has 0 saturated heterocycles. The maximum Gasteiger partial charge on any atom is 0.119 e. The lowest BCUT2D eigenvalue weighted by Crippen LogP contribution is -2.08. The Morgan fingerprint density at radius 1 is 0.909 bits per heavy atom. The van der Waals surface area contributed by atoms with Gasteiger partial charge < -0.3 is 14.8 Å². The summed E-state index contributed by atoms with van der Waals surface area (Å²) in [7, 11) is 1.98. The summed E-state index contributed by atoms with van der Waals surface area (Å²) in [6.07, 6.45) is 2.21. The highest BCUT2D eigenvalue weighted by atomic mass is 16.5. The number of hydrogen-bond acceptors (Lipinski definition) is 3. The predicted octanol–water partition coefficient (Wildman–Crippen LogP) is 3.43. The predicted molar refractivity (Wildman–Crippen MR) is 90.3 cm³/mol. The molecule has 0 heterocycles. The molecule has 1 N–H and O–H groups in total. The Hall–Kier alpha value is -1.84. The first-order chi connectivity index (χ1) is 10.9. The Morgan fingerprint density at radius 3 is 2.55 bits per heavy atom. The van der Waals surface area contributed by atoms with Crippen molar-refractivity contribution in [1.29, 1.82) is 0 Å². The molecule has 0 amide bonds. The van der Waals surface area contributed by atoms with Crippen molar-refractivity contribution < 1.29 is 9.47 Å². The third-order valence-corrected chi connectivity index (χ3v) is 3.40. The topological polar surface area (TPSA) is 30.5 Å². The van der Waals surface area contributed by atoms with E-state index in [1.807, 2.05) is 31.3 Å². The van der Waals surface area contributed by atoms with Crippen molar-refractivity contribution in [3.05, 3.63) is 65.7 Å². The number of ether oxygens (including phenoxy) is 2. The minimum atomic E-state index is 0.576. The lowest BCUT2D eigenvalue weighted by Gasteiger charge is -2.09. The van der Waals surface area contributed by atoms with E-state index in [2.05, 4.69) is 35.6 Å². The third-order valence-electron chi connectivity index (χ3n) is 3.40. The van der Waals surface area contributed by atoms with E-state index in [1.165, 1.54) is 11.1 Å². The second-order valence-corrected chi connectivity index (χ2v) is 5.24. The van der Waals surface area contributed by atoms with Gasteiger partial charge in [-0.1, -0.05) is 42.5 Å². The van der Waals surface area contributed by atoms with Gasteiger partial charge in [0, 0.05) is 0 Å². The summed E-state index contributed by atoms with van der Waals surface area (Å²) in [5, 5.41) is 3.17. The summed E-state index contributed by atoms with van der Waals surface area (Å²) in [6, 6.07) is 18.5. The summed E-state index contributed by atoms with van der Waals surface area (Å²) in [5.74, 6) is 0.922. The van der Waals surface area contributed by atoms with Crippen LogP contribution in [0, 0.1) is 0 Å². The number of benzene rings is 2. The Labute approximate surface area is 133 Å². The smallest absolute Gasteiger partial charge is 0.119 e. The van der Waals surface area contributed by atoms with Crippen LogP contribution in [-0.4, -0.2) is 26.8 Å². The second-order valence-electron chi connectivity index (χ2n) is 5.24. The van der Waals surface area contributed by atoms with E-state index in [0.29, 0.717) is 19.8 Å². The summed E-state index contributed by atoms with van der Waals surface area (Å²) in [6.45, 7) is 2.85. The molecule has 118 valence electrons. The molecule has 3 heteroatoms. The summed E-state index contributed by atoms with van der Waals surface area (Å²) in [4.78, 5) is 0. The minimum absolute atomic E-state index is 0.576. The van der Waals surface area contributed by atoms with Crippen molar-refractivity contribution in [3.8, 4) is 5.75 Å². The molecule has 22 heavy (non-hydrogen) atoms. The fraction of sp³-hybridized carbons (Fsp3) is 0.368. The van der Waals surface area contributed by atoms with Gasteiger partial charge in [0.25, 0.3) is 0 Å². The van der Waals surface area contributed by atoms with Crippen molar-refractivity contribution >= 4 is 0 Å². The van der Waals surface area contributed by atoms with Crippen LogP contribution < -0.4 is 10.1 Å². The molecular weight excluding hydrogens is 274 g/mol. The van der Waals surface area contributed by atoms with Gasteiger partial charge in [-0.3, -0.25) is 0 Å².